The number of hydrogen-bond donors (Lipinski definition) is 1. The molecule has 1 fully saturated rings. The van der Waals surface area contributed by atoms with Crippen molar-refractivity contribution in [2.45, 2.75) is 4.90 Å². The number of rotatable bonds is 5. The second-order valence-electron chi connectivity index (χ2n) is 5.77. The molecular weight excluding hydrogens is 372 g/mol. The van der Waals surface area contributed by atoms with E-state index in [2.05, 4.69) is 4.72 Å². The van der Waals surface area contributed by atoms with Crippen molar-refractivity contribution in [1.29, 1.82) is 0 Å². The highest BCUT2D eigenvalue weighted by molar-refractivity contribution is 7.99. The Balaban J connectivity index is 1.80. The second kappa shape index (κ2) is 8.01. The summed E-state index contributed by atoms with van der Waals surface area (Å²) in [6.07, 6.45) is 0. The van der Waals surface area contributed by atoms with Gasteiger partial charge in [0.1, 0.15) is 5.75 Å². The van der Waals surface area contributed by atoms with Crippen LogP contribution in [0.15, 0.2) is 53.4 Å². The van der Waals surface area contributed by atoms with Crippen LogP contribution in [-0.4, -0.2) is 50.9 Å². The van der Waals surface area contributed by atoms with Gasteiger partial charge in [-0.2, -0.15) is 11.8 Å². The minimum Gasteiger partial charge on any atom is -0.497 e. The first kappa shape index (κ1) is 18.6. The molecule has 1 amide bonds. The number of ether oxygens (including phenoxy) is 1. The van der Waals surface area contributed by atoms with Crippen LogP contribution in [0.2, 0.25) is 0 Å². The van der Waals surface area contributed by atoms with Gasteiger partial charge < -0.3 is 9.64 Å². The fourth-order valence-electron chi connectivity index (χ4n) is 2.62. The van der Waals surface area contributed by atoms with E-state index < -0.39 is 10.0 Å². The molecule has 0 aliphatic carbocycles. The van der Waals surface area contributed by atoms with Crippen molar-refractivity contribution >= 4 is 33.4 Å². The van der Waals surface area contributed by atoms with Gasteiger partial charge >= 0.3 is 0 Å². The molecule has 0 radical (unpaired) electrons. The van der Waals surface area contributed by atoms with Crippen molar-refractivity contribution < 1.29 is 17.9 Å². The van der Waals surface area contributed by atoms with E-state index in [9.17, 15) is 13.2 Å². The molecule has 1 aliphatic rings. The molecule has 1 saturated heterocycles. The lowest BCUT2D eigenvalue weighted by Crippen LogP contribution is -2.37. The summed E-state index contributed by atoms with van der Waals surface area (Å²) in [5.41, 5.74) is 0.810. The second-order valence-corrected chi connectivity index (χ2v) is 8.67. The van der Waals surface area contributed by atoms with E-state index in [4.69, 9.17) is 4.74 Å². The summed E-state index contributed by atoms with van der Waals surface area (Å²) < 4.78 is 32.9. The third-order valence-electron chi connectivity index (χ3n) is 4.03. The maximum Gasteiger partial charge on any atom is 0.261 e. The number of methoxy groups -OCH3 is 1. The molecule has 2 aromatic carbocycles. The van der Waals surface area contributed by atoms with Crippen LogP contribution in [0.1, 0.15) is 10.4 Å². The van der Waals surface area contributed by atoms with Crippen LogP contribution in [0.4, 0.5) is 5.69 Å². The number of carbonyl (C=O) groups is 1. The number of amides is 1. The highest BCUT2D eigenvalue weighted by Gasteiger charge is 2.21. The van der Waals surface area contributed by atoms with E-state index in [1.165, 1.54) is 12.1 Å². The predicted octanol–water partition coefficient (Wildman–Crippen LogP) is 2.69. The quantitative estimate of drug-likeness (QED) is 0.847. The van der Waals surface area contributed by atoms with E-state index in [1.807, 2.05) is 11.8 Å². The van der Waals surface area contributed by atoms with Gasteiger partial charge in [0, 0.05) is 35.8 Å². The molecule has 0 saturated carbocycles. The molecule has 1 N–H and O–H groups in total. The summed E-state index contributed by atoms with van der Waals surface area (Å²) >= 11 is 1.81. The summed E-state index contributed by atoms with van der Waals surface area (Å²) in [6.45, 7) is 1.37. The fraction of sp³-hybridized carbons (Fsp3) is 0.278. The van der Waals surface area contributed by atoms with Crippen LogP contribution >= 0.6 is 11.8 Å². The van der Waals surface area contributed by atoms with Gasteiger partial charge in [0.05, 0.1) is 12.0 Å². The average Bonchev–Trinajstić information content (AvgIpc) is 2.68. The first-order chi connectivity index (χ1) is 12.5. The zero-order chi connectivity index (χ0) is 18.6. The SMILES string of the molecule is COc1ccc(NS(=O)(=O)c2cccc(C(=O)N3CCSCC3)c2)cc1. The van der Waals surface area contributed by atoms with Crippen molar-refractivity contribution in [1.82, 2.24) is 4.90 Å². The lowest BCUT2D eigenvalue weighted by molar-refractivity contribution is 0.0772. The Labute approximate surface area is 157 Å². The molecule has 0 atom stereocenters. The van der Waals surface area contributed by atoms with E-state index in [1.54, 1.807) is 48.4 Å². The molecule has 3 rings (SSSR count). The van der Waals surface area contributed by atoms with Gasteiger partial charge in [-0.1, -0.05) is 6.07 Å². The third-order valence-corrected chi connectivity index (χ3v) is 6.35. The molecule has 0 aromatic heterocycles. The van der Waals surface area contributed by atoms with Crippen LogP contribution in [0.3, 0.4) is 0 Å². The van der Waals surface area contributed by atoms with Crippen molar-refractivity contribution in [2.75, 3.05) is 36.4 Å². The molecule has 26 heavy (non-hydrogen) atoms. The Bertz CT molecular complexity index is 876. The summed E-state index contributed by atoms with van der Waals surface area (Å²) in [5, 5.41) is 0. The maximum absolute atomic E-state index is 12.6. The van der Waals surface area contributed by atoms with Crippen molar-refractivity contribution in [3.63, 3.8) is 0 Å². The van der Waals surface area contributed by atoms with Gasteiger partial charge in [0.15, 0.2) is 0 Å². The van der Waals surface area contributed by atoms with E-state index in [0.29, 0.717) is 30.1 Å². The Morgan fingerprint density at radius 3 is 2.46 bits per heavy atom. The predicted molar refractivity (Wildman–Crippen MR) is 103 cm³/mol. The molecule has 8 heteroatoms. The van der Waals surface area contributed by atoms with E-state index >= 15 is 0 Å². The number of sulfonamides is 1. The van der Waals surface area contributed by atoms with Crippen LogP contribution in [0.25, 0.3) is 0 Å². The zero-order valence-corrected chi connectivity index (χ0v) is 16.0. The number of carbonyl (C=O) groups excluding carboxylic acids is 1. The molecule has 2 aromatic rings. The lowest BCUT2D eigenvalue weighted by Gasteiger charge is -2.26. The third kappa shape index (κ3) is 4.31. The fourth-order valence-corrected chi connectivity index (χ4v) is 4.63. The lowest BCUT2D eigenvalue weighted by atomic mass is 10.2. The van der Waals surface area contributed by atoms with Gasteiger partial charge in [-0.3, -0.25) is 9.52 Å². The minimum atomic E-state index is -3.79. The van der Waals surface area contributed by atoms with Gasteiger partial charge in [-0.05, 0) is 42.5 Å². The molecule has 0 unspecified atom stereocenters. The van der Waals surface area contributed by atoms with Crippen molar-refractivity contribution in [2.24, 2.45) is 0 Å². The number of anilines is 1. The Morgan fingerprint density at radius 1 is 1.12 bits per heavy atom. The van der Waals surface area contributed by atoms with Gasteiger partial charge in [-0.15, -0.1) is 0 Å². The number of nitrogens with one attached hydrogen (secondary N) is 1. The minimum absolute atomic E-state index is 0.0607. The van der Waals surface area contributed by atoms with Gasteiger partial charge in [-0.25, -0.2) is 8.42 Å². The first-order valence-electron chi connectivity index (χ1n) is 8.13. The maximum atomic E-state index is 12.6. The number of thioether (sulfide) groups is 1. The van der Waals surface area contributed by atoms with E-state index in [0.717, 1.165) is 11.5 Å². The molecule has 1 heterocycles. The number of hydrogen-bond acceptors (Lipinski definition) is 5. The highest BCUT2D eigenvalue weighted by atomic mass is 32.2. The van der Waals surface area contributed by atoms with Crippen molar-refractivity contribution in [3.8, 4) is 5.75 Å². The summed E-state index contributed by atoms with van der Waals surface area (Å²) in [6, 6.07) is 12.7. The smallest absolute Gasteiger partial charge is 0.261 e. The molecule has 6 nitrogen and oxygen atoms in total. The average molecular weight is 393 g/mol. The molecule has 138 valence electrons. The molecule has 0 bridgehead atoms. The largest absolute Gasteiger partial charge is 0.497 e. The summed E-state index contributed by atoms with van der Waals surface area (Å²) in [4.78, 5) is 14.4. The van der Waals surface area contributed by atoms with Gasteiger partial charge in [0.25, 0.3) is 15.9 Å². The standard InChI is InChI=1S/C18H20N2O4S2/c1-24-16-7-5-15(6-8-16)19-26(22,23)17-4-2-3-14(13-17)18(21)20-9-11-25-12-10-20/h2-8,13,19H,9-12H2,1H3. The molecule has 1 aliphatic heterocycles. The Morgan fingerprint density at radius 2 is 1.81 bits per heavy atom. The van der Waals surface area contributed by atoms with Crippen LogP contribution < -0.4 is 9.46 Å². The number of nitrogens with zero attached hydrogens (tertiary/aromatic N) is 1. The van der Waals surface area contributed by atoms with Crippen LogP contribution in [0.5, 0.6) is 5.75 Å². The summed E-state index contributed by atoms with van der Waals surface area (Å²) in [5.74, 6) is 2.32. The van der Waals surface area contributed by atoms with Crippen LogP contribution in [0, 0.1) is 0 Å². The topological polar surface area (TPSA) is 75.7 Å². The van der Waals surface area contributed by atoms with Gasteiger partial charge in [0.2, 0.25) is 0 Å². The van der Waals surface area contributed by atoms with E-state index in [-0.39, 0.29) is 10.8 Å². The zero-order valence-electron chi connectivity index (χ0n) is 14.3. The summed E-state index contributed by atoms with van der Waals surface area (Å²) in [7, 11) is -2.24. The van der Waals surface area contributed by atoms with Crippen molar-refractivity contribution in [3.05, 3.63) is 54.1 Å². The first-order valence-corrected chi connectivity index (χ1v) is 10.8. The molecule has 0 spiro atoms. The monoisotopic (exact) mass is 392 g/mol. The molecular formula is C18H20N2O4S2. The normalized spacial score (nSPS) is 14.7. The Hall–Kier alpha value is -2.19. The number of benzene rings is 2. The Kier molecular flexibility index (Phi) is 5.73. The van der Waals surface area contributed by atoms with Crippen LogP contribution in [-0.2, 0) is 10.0 Å². The highest BCUT2D eigenvalue weighted by Crippen LogP contribution is 2.21.